The summed E-state index contributed by atoms with van der Waals surface area (Å²) in [4.78, 5) is 57.2. The lowest BCUT2D eigenvalue weighted by molar-refractivity contribution is -0.117. The second-order valence-electron chi connectivity index (χ2n) is 8.32. The second-order valence-corrected chi connectivity index (χ2v) is 8.32. The molecule has 2 aliphatic heterocycles. The lowest BCUT2D eigenvalue weighted by Gasteiger charge is -2.20. The smallest absolute Gasteiger partial charge is 0.325 e. The molecule has 0 saturated carbocycles. The van der Waals surface area contributed by atoms with E-state index >= 15 is 0 Å². The van der Waals surface area contributed by atoms with Gasteiger partial charge in [0.25, 0.3) is 5.56 Å². The Morgan fingerprint density at radius 3 is 2.76 bits per heavy atom. The van der Waals surface area contributed by atoms with E-state index in [1.165, 1.54) is 4.90 Å². The summed E-state index contributed by atoms with van der Waals surface area (Å²) in [6.07, 6.45) is 0.983. The molecule has 3 amide bonds. The quantitative estimate of drug-likeness (QED) is 0.546. The van der Waals surface area contributed by atoms with Gasteiger partial charge in [0.1, 0.15) is 5.75 Å². The highest BCUT2D eigenvalue weighted by Crippen LogP contribution is 2.32. The summed E-state index contributed by atoms with van der Waals surface area (Å²) in [6, 6.07) is 12.5. The number of hydrogen-bond acceptors (Lipinski definition) is 5. The molecule has 5 rings (SSSR count). The Balaban J connectivity index is 1.29. The van der Waals surface area contributed by atoms with Crippen LogP contribution in [0, 0.1) is 0 Å². The number of carbonyl (C=O) groups excluding carboxylic acids is 2. The van der Waals surface area contributed by atoms with E-state index in [-0.39, 0.29) is 25.4 Å². The number of urea groups is 1. The number of nitrogens with zero attached hydrogens (tertiary/aromatic N) is 2. The number of H-pyrrole nitrogens is 2. The molecule has 0 unspecified atom stereocenters. The standard InChI is InChI=1S/C24H23N5O5/c1-34-17-4-2-3-14(9-17)10-21(30)29-8-7-15-5-6-16(11-20(15)29)25-24(33)28-12-18-19(13-28)26-23(32)27-22(18)31/h2-6,9,11H,7-8,10,12-13H2,1H3,(H,25,33)(H2,26,27,31,32). The molecule has 10 nitrogen and oxygen atoms in total. The molecular formula is C24H23N5O5. The number of anilines is 2. The molecule has 10 heteroatoms. The van der Waals surface area contributed by atoms with E-state index in [2.05, 4.69) is 15.3 Å². The van der Waals surface area contributed by atoms with Crippen LogP contribution in [-0.4, -0.2) is 40.5 Å². The number of nitrogens with one attached hydrogen (secondary N) is 3. The fourth-order valence-electron chi connectivity index (χ4n) is 4.41. The number of carbonyl (C=O) groups is 2. The van der Waals surface area contributed by atoms with Gasteiger partial charge in [-0.2, -0.15) is 0 Å². The predicted octanol–water partition coefficient (Wildman–Crippen LogP) is 1.75. The van der Waals surface area contributed by atoms with Crippen LogP contribution in [0.15, 0.2) is 52.1 Å². The van der Waals surface area contributed by atoms with E-state index in [4.69, 9.17) is 4.74 Å². The number of aromatic amines is 2. The number of amides is 3. The minimum Gasteiger partial charge on any atom is -0.497 e. The average molecular weight is 461 g/mol. The Morgan fingerprint density at radius 1 is 1.09 bits per heavy atom. The van der Waals surface area contributed by atoms with Crippen molar-refractivity contribution in [2.75, 3.05) is 23.9 Å². The zero-order valence-electron chi connectivity index (χ0n) is 18.5. The summed E-state index contributed by atoms with van der Waals surface area (Å²) in [5.41, 5.74) is 2.95. The number of ether oxygens (including phenoxy) is 1. The summed E-state index contributed by atoms with van der Waals surface area (Å²) in [7, 11) is 1.59. The second kappa shape index (κ2) is 8.54. The van der Waals surface area contributed by atoms with E-state index in [9.17, 15) is 19.2 Å². The fraction of sp³-hybridized carbons (Fsp3) is 0.250. The monoisotopic (exact) mass is 461 g/mol. The number of benzene rings is 2. The minimum atomic E-state index is -0.594. The molecule has 0 spiro atoms. The first-order chi connectivity index (χ1) is 16.4. The van der Waals surface area contributed by atoms with Gasteiger partial charge in [-0.15, -0.1) is 0 Å². The van der Waals surface area contributed by atoms with Crippen molar-refractivity contribution in [1.82, 2.24) is 14.9 Å². The van der Waals surface area contributed by atoms with Crippen molar-refractivity contribution < 1.29 is 14.3 Å². The van der Waals surface area contributed by atoms with E-state index in [0.717, 1.165) is 23.2 Å². The first-order valence-electron chi connectivity index (χ1n) is 10.9. The molecule has 0 saturated heterocycles. The molecular weight excluding hydrogens is 438 g/mol. The predicted molar refractivity (Wildman–Crippen MR) is 125 cm³/mol. The van der Waals surface area contributed by atoms with E-state index in [0.29, 0.717) is 29.2 Å². The molecule has 0 aliphatic carbocycles. The maximum atomic E-state index is 13.0. The van der Waals surface area contributed by atoms with Gasteiger partial charge in [0, 0.05) is 23.6 Å². The number of rotatable bonds is 4. The topological polar surface area (TPSA) is 128 Å². The van der Waals surface area contributed by atoms with Crippen molar-refractivity contribution in [2.24, 2.45) is 0 Å². The van der Waals surface area contributed by atoms with E-state index < -0.39 is 17.3 Å². The molecule has 34 heavy (non-hydrogen) atoms. The van der Waals surface area contributed by atoms with Gasteiger partial charge in [-0.25, -0.2) is 9.59 Å². The van der Waals surface area contributed by atoms with E-state index in [1.54, 1.807) is 24.1 Å². The Bertz CT molecular complexity index is 1410. The highest BCUT2D eigenvalue weighted by Gasteiger charge is 2.28. The number of hydrogen-bond donors (Lipinski definition) is 3. The van der Waals surface area contributed by atoms with Crippen LogP contribution in [0.25, 0.3) is 0 Å². The van der Waals surface area contributed by atoms with Crippen LogP contribution in [-0.2, 0) is 30.7 Å². The lowest BCUT2D eigenvalue weighted by Crippen LogP contribution is -2.31. The van der Waals surface area contributed by atoms with Crippen molar-refractivity contribution in [1.29, 1.82) is 0 Å². The van der Waals surface area contributed by atoms with Gasteiger partial charge >= 0.3 is 11.7 Å². The summed E-state index contributed by atoms with van der Waals surface area (Å²) in [6.45, 7) is 0.812. The normalized spacial score (nSPS) is 14.0. The van der Waals surface area contributed by atoms with Crippen LogP contribution in [0.5, 0.6) is 5.75 Å². The summed E-state index contributed by atoms with van der Waals surface area (Å²) < 4.78 is 5.24. The first kappa shape index (κ1) is 21.5. The Morgan fingerprint density at radius 2 is 1.94 bits per heavy atom. The van der Waals surface area contributed by atoms with Crippen LogP contribution in [0.3, 0.4) is 0 Å². The highest BCUT2D eigenvalue weighted by molar-refractivity contribution is 5.98. The first-order valence-corrected chi connectivity index (χ1v) is 10.9. The van der Waals surface area contributed by atoms with Crippen molar-refractivity contribution in [2.45, 2.75) is 25.9 Å². The molecule has 0 fully saturated rings. The highest BCUT2D eigenvalue weighted by atomic mass is 16.5. The molecule has 0 radical (unpaired) electrons. The molecule has 3 aromatic rings. The minimum absolute atomic E-state index is 0.0337. The fourth-order valence-corrected chi connectivity index (χ4v) is 4.41. The third kappa shape index (κ3) is 4.05. The Labute approximate surface area is 194 Å². The van der Waals surface area contributed by atoms with E-state index in [1.807, 2.05) is 30.3 Å². The van der Waals surface area contributed by atoms with Gasteiger partial charge < -0.3 is 24.8 Å². The zero-order valence-corrected chi connectivity index (χ0v) is 18.5. The maximum absolute atomic E-state index is 13.0. The van der Waals surface area contributed by atoms with Gasteiger partial charge in [0.2, 0.25) is 5.91 Å². The molecule has 3 N–H and O–H groups in total. The zero-order chi connectivity index (χ0) is 23.8. The van der Waals surface area contributed by atoms with Gasteiger partial charge in [0.15, 0.2) is 0 Å². The van der Waals surface area contributed by atoms with Gasteiger partial charge in [-0.1, -0.05) is 18.2 Å². The summed E-state index contributed by atoms with van der Waals surface area (Å²) in [5, 5.41) is 2.83. The Hall–Kier alpha value is -4.34. The number of methoxy groups -OCH3 is 1. The number of fused-ring (bicyclic) bond motifs is 2. The van der Waals surface area contributed by atoms with Crippen molar-refractivity contribution in [3.05, 3.63) is 85.7 Å². The lowest BCUT2D eigenvalue weighted by atomic mass is 10.1. The van der Waals surface area contributed by atoms with Crippen LogP contribution < -0.4 is 26.2 Å². The molecule has 0 atom stereocenters. The van der Waals surface area contributed by atoms with Crippen LogP contribution >= 0.6 is 0 Å². The SMILES string of the molecule is COc1cccc(CC(=O)N2CCc3ccc(NC(=O)N4Cc5[nH]c(=O)[nH]c(=O)c5C4)cc32)c1. The average Bonchev–Trinajstić information content (AvgIpc) is 3.43. The van der Waals surface area contributed by atoms with Crippen LogP contribution in [0.2, 0.25) is 0 Å². The molecule has 3 heterocycles. The van der Waals surface area contributed by atoms with Crippen LogP contribution in [0.4, 0.5) is 16.2 Å². The number of aromatic nitrogens is 2. The molecule has 0 bridgehead atoms. The largest absolute Gasteiger partial charge is 0.497 e. The van der Waals surface area contributed by atoms with Gasteiger partial charge in [-0.3, -0.25) is 14.6 Å². The van der Waals surface area contributed by atoms with Crippen LogP contribution in [0.1, 0.15) is 22.4 Å². The molecule has 174 valence electrons. The third-order valence-electron chi connectivity index (χ3n) is 6.14. The maximum Gasteiger partial charge on any atom is 0.325 e. The van der Waals surface area contributed by atoms with Gasteiger partial charge in [0.05, 0.1) is 32.2 Å². The van der Waals surface area contributed by atoms with Crippen molar-refractivity contribution in [3.63, 3.8) is 0 Å². The Kier molecular flexibility index (Phi) is 5.40. The summed E-state index contributed by atoms with van der Waals surface area (Å²) >= 11 is 0. The third-order valence-corrected chi connectivity index (χ3v) is 6.14. The molecule has 1 aromatic heterocycles. The molecule has 2 aromatic carbocycles. The summed E-state index contributed by atoms with van der Waals surface area (Å²) in [5.74, 6) is 0.668. The van der Waals surface area contributed by atoms with Gasteiger partial charge in [-0.05, 0) is 41.8 Å². The van der Waals surface area contributed by atoms with Crippen molar-refractivity contribution >= 4 is 23.3 Å². The van der Waals surface area contributed by atoms with Crippen molar-refractivity contribution in [3.8, 4) is 5.75 Å². The molecule has 2 aliphatic rings.